The van der Waals surface area contributed by atoms with E-state index in [2.05, 4.69) is 78.4 Å². The maximum atomic E-state index is 4.55. The van der Waals surface area contributed by atoms with Crippen LogP contribution in [-0.4, -0.2) is 19.8 Å². The Morgan fingerprint density at radius 1 is 1.25 bits per heavy atom. The zero-order chi connectivity index (χ0) is 14.3. The van der Waals surface area contributed by atoms with Crippen molar-refractivity contribution < 1.29 is 4.58 Å². The summed E-state index contributed by atoms with van der Waals surface area (Å²) < 4.78 is 4.49. The van der Waals surface area contributed by atoms with Gasteiger partial charge in [-0.3, -0.25) is 0 Å². The Hall–Kier alpha value is -2.16. The van der Waals surface area contributed by atoms with E-state index in [0.717, 1.165) is 5.95 Å². The van der Waals surface area contributed by atoms with E-state index in [4.69, 9.17) is 0 Å². The summed E-state index contributed by atoms with van der Waals surface area (Å²) >= 11 is 0. The molecule has 0 N–H and O–H groups in total. The van der Waals surface area contributed by atoms with Crippen molar-refractivity contribution in [1.29, 1.82) is 0 Å². The first-order chi connectivity index (χ1) is 9.57. The number of nitrogens with zero attached hydrogens (tertiary/aromatic N) is 3. The molecule has 1 aliphatic heterocycles. The van der Waals surface area contributed by atoms with Crippen molar-refractivity contribution >= 4 is 17.4 Å². The van der Waals surface area contributed by atoms with Gasteiger partial charge in [-0.05, 0) is 33.8 Å². The molecular formula is C17H20N3+. The molecule has 1 aromatic heterocycles. The minimum absolute atomic E-state index is 0.0468. The molecule has 3 heteroatoms. The molecule has 0 bridgehead atoms. The molecule has 0 saturated carbocycles. The van der Waals surface area contributed by atoms with Crippen molar-refractivity contribution in [2.75, 3.05) is 0 Å². The zero-order valence-electron chi connectivity index (χ0n) is 12.5. The first-order valence-corrected chi connectivity index (χ1v) is 6.97. The van der Waals surface area contributed by atoms with E-state index in [1.54, 1.807) is 0 Å². The first kappa shape index (κ1) is 12.9. The van der Waals surface area contributed by atoms with E-state index in [9.17, 15) is 0 Å². The van der Waals surface area contributed by atoms with E-state index in [0.29, 0.717) is 0 Å². The van der Waals surface area contributed by atoms with Gasteiger partial charge in [-0.1, -0.05) is 35.3 Å². The van der Waals surface area contributed by atoms with Crippen LogP contribution in [0.1, 0.15) is 33.3 Å². The third-order valence-electron chi connectivity index (χ3n) is 4.23. The summed E-state index contributed by atoms with van der Waals surface area (Å²) in [6.45, 7) is 8.72. The minimum Gasteiger partial charge on any atom is -0.220 e. The second kappa shape index (κ2) is 4.44. The summed E-state index contributed by atoms with van der Waals surface area (Å²) in [6.07, 6.45) is 6.07. The summed E-state index contributed by atoms with van der Waals surface area (Å²) in [5.41, 5.74) is 3.63. The molecule has 0 amide bonds. The fourth-order valence-electron chi connectivity index (χ4n) is 2.82. The largest absolute Gasteiger partial charge is 0.404 e. The lowest BCUT2D eigenvalue weighted by molar-refractivity contribution is -0.338. The van der Waals surface area contributed by atoms with Crippen molar-refractivity contribution in [3.05, 3.63) is 54.4 Å². The van der Waals surface area contributed by atoms with E-state index in [1.165, 1.54) is 17.0 Å². The van der Waals surface area contributed by atoms with Crippen LogP contribution >= 0.6 is 0 Å². The molecule has 3 nitrogen and oxygen atoms in total. The maximum Gasteiger partial charge on any atom is 0.404 e. The average Bonchev–Trinajstić information content (AvgIpc) is 3.00. The van der Waals surface area contributed by atoms with Crippen molar-refractivity contribution in [2.24, 2.45) is 0 Å². The highest BCUT2D eigenvalue weighted by Crippen LogP contribution is 2.35. The normalized spacial score (nSPS) is 17.5. The summed E-state index contributed by atoms with van der Waals surface area (Å²) in [5.74, 6) is 0.990. The van der Waals surface area contributed by atoms with Gasteiger partial charge in [-0.25, -0.2) is 4.57 Å². The van der Waals surface area contributed by atoms with E-state index in [-0.39, 0.29) is 5.54 Å². The van der Waals surface area contributed by atoms with Gasteiger partial charge in [0.05, 0.1) is 5.71 Å². The lowest BCUT2D eigenvalue weighted by atomic mass is 10.00. The van der Waals surface area contributed by atoms with E-state index in [1.807, 2.05) is 12.3 Å². The molecule has 0 saturated heterocycles. The van der Waals surface area contributed by atoms with Gasteiger partial charge >= 0.3 is 5.95 Å². The highest BCUT2D eigenvalue weighted by atomic mass is 15.3. The molecule has 2 aromatic rings. The monoisotopic (exact) mass is 266 g/mol. The lowest BCUT2D eigenvalue weighted by Crippen LogP contribution is -2.30. The highest BCUT2D eigenvalue weighted by Gasteiger charge is 2.43. The Balaban J connectivity index is 2.22. The topological polar surface area (TPSA) is 20.8 Å². The summed E-state index contributed by atoms with van der Waals surface area (Å²) in [5, 5.41) is 0. The Morgan fingerprint density at radius 3 is 2.60 bits per heavy atom. The summed E-state index contributed by atoms with van der Waals surface area (Å²) in [7, 11) is 0. The summed E-state index contributed by atoms with van der Waals surface area (Å²) in [6, 6.07) is 10.5. The maximum absolute atomic E-state index is 4.55. The van der Waals surface area contributed by atoms with Gasteiger partial charge < -0.3 is 0 Å². The standard InChI is InChI=1S/C17H20N3/c1-5-15(14-9-7-6-8-10-14)20-13(2)17(3,4)19-12-11-18-16(19)20/h5-12H,1-4H3/q+1. The molecule has 3 rings (SSSR count). The fraction of sp³-hybridized carbons (Fsp3) is 0.294. The molecule has 102 valence electrons. The van der Waals surface area contributed by atoms with Crippen LogP contribution in [0.3, 0.4) is 0 Å². The number of benzene rings is 1. The van der Waals surface area contributed by atoms with Gasteiger partial charge in [0.1, 0.15) is 23.6 Å². The molecule has 0 spiro atoms. The Morgan fingerprint density at radius 2 is 1.95 bits per heavy atom. The van der Waals surface area contributed by atoms with Crippen LogP contribution in [0.25, 0.3) is 5.70 Å². The van der Waals surface area contributed by atoms with Crippen molar-refractivity contribution in [3.8, 4) is 0 Å². The predicted molar refractivity (Wildman–Crippen MR) is 82.2 cm³/mol. The summed E-state index contributed by atoms with van der Waals surface area (Å²) in [4.78, 5) is 4.55. The quantitative estimate of drug-likeness (QED) is 0.757. The predicted octanol–water partition coefficient (Wildman–Crippen LogP) is 3.80. The Kier molecular flexibility index (Phi) is 2.85. The molecule has 0 unspecified atom stereocenters. The second-order valence-corrected chi connectivity index (χ2v) is 5.62. The SMILES string of the molecule is CC=C(c1ccccc1)[N+]1=C(C)C(C)(C)n2ccnc21. The fourth-order valence-corrected chi connectivity index (χ4v) is 2.82. The third kappa shape index (κ3) is 1.66. The molecule has 0 atom stereocenters. The molecular weight excluding hydrogens is 246 g/mol. The van der Waals surface area contributed by atoms with Crippen molar-refractivity contribution in [3.63, 3.8) is 0 Å². The van der Waals surface area contributed by atoms with Crippen LogP contribution in [0.2, 0.25) is 0 Å². The smallest absolute Gasteiger partial charge is 0.220 e. The van der Waals surface area contributed by atoms with Gasteiger partial charge in [0.25, 0.3) is 0 Å². The van der Waals surface area contributed by atoms with Crippen LogP contribution in [0.4, 0.5) is 5.95 Å². The number of imidazole rings is 1. The number of allylic oxidation sites excluding steroid dienone is 1. The van der Waals surface area contributed by atoms with Gasteiger partial charge in [0.2, 0.25) is 0 Å². The zero-order valence-corrected chi connectivity index (χ0v) is 12.5. The Labute approximate surface area is 119 Å². The van der Waals surface area contributed by atoms with Crippen molar-refractivity contribution in [1.82, 2.24) is 9.55 Å². The molecule has 20 heavy (non-hydrogen) atoms. The van der Waals surface area contributed by atoms with E-state index >= 15 is 0 Å². The van der Waals surface area contributed by atoms with Crippen LogP contribution in [0.5, 0.6) is 0 Å². The average molecular weight is 266 g/mol. The lowest BCUT2D eigenvalue weighted by Gasteiger charge is -2.16. The number of rotatable bonds is 2. The van der Waals surface area contributed by atoms with Gasteiger partial charge in [-0.2, -0.15) is 4.58 Å². The molecule has 1 aliphatic rings. The number of aromatic nitrogens is 2. The van der Waals surface area contributed by atoms with Crippen LogP contribution < -0.4 is 0 Å². The first-order valence-electron chi connectivity index (χ1n) is 6.97. The Bertz CT molecular complexity index is 703. The second-order valence-electron chi connectivity index (χ2n) is 5.62. The third-order valence-corrected chi connectivity index (χ3v) is 4.23. The molecule has 1 aromatic carbocycles. The number of hydrogen-bond donors (Lipinski definition) is 0. The van der Waals surface area contributed by atoms with Crippen LogP contribution in [0, 0.1) is 0 Å². The van der Waals surface area contributed by atoms with Crippen LogP contribution in [0.15, 0.2) is 48.8 Å². The molecule has 0 fully saturated rings. The van der Waals surface area contributed by atoms with E-state index < -0.39 is 0 Å². The number of fused-ring (bicyclic) bond motifs is 1. The van der Waals surface area contributed by atoms with Crippen molar-refractivity contribution in [2.45, 2.75) is 33.2 Å². The minimum atomic E-state index is -0.0468. The molecule has 0 radical (unpaired) electrons. The van der Waals surface area contributed by atoms with Gasteiger partial charge in [-0.15, -0.1) is 0 Å². The van der Waals surface area contributed by atoms with Crippen LogP contribution in [-0.2, 0) is 5.54 Å². The highest BCUT2D eigenvalue weighted by molar-refractivity contribution is 5.89. The number of hydrogen-bond acceptors (Lipinski definition) is 1. The molecule has 0 aliphatic carbocycles. The molecule has 2 heterocycles. The van der Waals surface area contributed by atoms with Gasteiger partial charge in [0.15, 0.2) is 0 Å². The van der Waals surface area contributed by atoms with Gasteiger partial charge in [0, 0.05) is 5.56 Å².